The number of Topliss-reactive ketones (excluding diaryl/α,β-unsaturated/α-hetero) is 1. The van der Waals surface area contributed by atoms with Crippen LogP contribution in [0.25, 0.3) is 5.76 Å². The first kappa shape index (κ1) is 19.2. The standard InChI is InChI=1S/C22H24ClNO4/c23-16-10-8-15(9-11-16)20(25)18-19(14-5-2-1-3-6-14)24(22(27)21(18)26)13-17-7-4-12-28-17/h1-2,8-11,14,17,19,25H,3-7,12-13H2/b20-18+. The van der Waals surface area contributed by atoms with E-state index in [-0.39, 0.29) is 23.4 Å². The van der Waals surface area contributed by atoms with Crippen molar-refractivity contribution >= 4 is 29.1 Å². The van der Waals surface area contributed by atoms with Gasteiger partial charge in [-0.3, -0.25) is 9.59 Å². The average molecular weight is 402 g/mol. The first-order chi connectivity index (χ1) is 13.6. The topological polar surface area (TPSA) is 66.8 Å². The molecule has 0 saturated carbocycles. The van der Waals surface area contributed by atoms with E-state index in [9.17, 15) is 14.7 Å². The van der Waals surface area contributed by atoms with Gasteiger partial charge >= 0.3 is 0 Å². The highest BCUT2D eigenvalue weighted by molar-refractivity contribution is 6.46. The molecule has 1 aromatic rings. The van der Waals surface area contributed by atoms with E-state index in [1.807, 2.05) is 0 Å². The van der Waals surface area contributed by atoms with E-state index >= 15 is 0 Å². The molecule has 2 heterocycles. The van der Waals surface area contributed by atoms with Crippen molar-refractivity contribution in [2.24, 2.45) is 5.92 Å². The van der Waals surface area contributed by atoms with Crippen molar-refractivity contribution in [1.82, 2.24) is 4.90 Å². The molecule has 28 heavy (non-hydrogen) atoms. The summed E-state index contributed by atoms with van der Waals surface area (Å²) in [6.07, 6.45) is 8.60. The van der Waals surface area contributed by atoms with Crippen molar-refractivity contribution < 1.29 is 19.4 Å². The number of benzene rings is 1. The van der Waals surface area contributed by atoms with Gasteiger partial charge in [-0.05, 0) is 62.3 Å². The van der Waals surface area contributed by atoms with Gasteiger partial charge < -0.3 is 14.7 Å². The van der Waals surface area contributed by atoms with Gasteiger partial charge in [0.25, 0.3) is 11.7 Å². The predicted molar refractivity (Wildman–Crippen MR) is 107 cm³/mol. The second-order valence-electron chi connectivity index (χ2n) is 7.68. The van der Waals surface area contributed by atoms with Crippen LogP contribution >= 0.6 is 11.6 Å². The van der Waals surface area contributed by atoms with E-state index in [2.05, 4.69) is 12.2 Å². The Balaban J connectivity index is 1.74. The van der Waals surface area contributed by atoms with E-state index in [0.717, 1.165) is 32.1 Å². The van der Waals surface area contributed by atoms with Crippen LogP contribution in [0.1, 0.15) is 37.7 Å². The third-order valence-corrected chi connectivity index (χ3v) is 6.14. The van der Waals surface area contributed by atoms with Crippen molar-refractivity contribution in [2.75, 3.05) is 13.2 Å². The molecular weight excluding hydrogens is 378 g/mol. The lowest BCUT2D eigenvalue weighted by Crippen LogP contribution is -2.43. The molecule has 1 N–H and O–H groups in total. The fraction of sp³-hybridized carbons (Fsp3) is 0.455. The number of hydrogen-bond donors (Lipinski definition) is 1. The third-order valence-electron chi connectivity index (χ3n) is 5.88. The minimum absolute atomic E-state index is 0.0459. The second-order valence-corrected chi connectivity index (χ2v) is 8.12. The molecule has 2 aliphatic heterocycles. The molecule has 0 aromatic heterocycles. The van der Waals surface area contributed by atoms with Crippen molar-refractivity contribution in [1.29, 1.82) is 0 Å². The van der Waals surface area contributed by atoms with Gasteiger partial charge in [0.05, 0.1) is 17.7 Å². The van der Waals surface area contributed by atoms with Crippen molar-refractivity contribution in [3.05, 3.63) is 52.6 Å². The molecule has 3 unspecified atom stereocenters. The maximum Gasteiger partial charge on any atom is 0.295 e. The van der Waals surface area contributed by atoms with Gasteiger partial charge in [-0.2, -0.15) is 0 Å². The molecular formula is C22H24ClNO4. The highest BCUT2D eigenvalue weighted by atomic mass is 35.5. The number of hydrogen-bond acceptors (Lipinski definition) is 4. The van der Waals surface area contributed by atoms with Crippen LogP contribution in [0, 0.1) is 5.92 Å². The summed E-state index contributed by atoms with van der Waals surface area (Å²) in [6.45, 7) is 1.09. The van der Waals surface area contributed by atoms with Crippen molar-refractivity contribution in [2.45, 2.75) is 44.2 Å². The second kappa shape index (κ2) is 8.10. The fourth-order valence-corrected chi connectivity index (χ4v) is 4.60. The first-order valence-corrected chi connectivity index (χ1v) is 10.2. The maximum absolute atomic E-state index is 12.9. The normalized spacial score (nSPS) is 29.6. The molecule has 3 aliphatic rings. The van der Waals surface area contributed by atoms with E-state index < -0.39 is 17.7 Å². The molecule has 1 aromatic carbocycles. The van der Waals surface area contributed by atoms with Gasteiger partial charge in [-0.25, -0.2) is 0 Å². The number of ketones is 1. The molecule has 3 atom stereocenters. The summed E-state index contributed by atoms with van der Waals surface area (Å²) >= 11 is 5.95. The highest BCUT2D eigenvalue weighted by Gasteiger charge is 2.49. The number of allylic oxidation sites excluding steroid dienone is 2. The molecule has 1 aliphatic carbocycles. The number of rotatable bonds is 4. The minimum atomic E-state index is -0.606. The van der Waals surface area contributed by atoms with Gasteiger partial charge in [-0.1, -0.05) is 23.8 Å². The average Bonchev–Trinajstić information content (AvgIpc) is 3.31. The molecule has 0 bridgehead atoms. The number of carbonyl (C=O) groups is 2. The van der Waals surface area contributed by atoms with Crippen molar-refractivity contribution in [3.8, 4) is 0 Å². The Kier molecular flexibility index (Phi) is 5.56. The van der Waals surface area contributed by atoms with Gasteiger partial charge in [0.1, 0.15) is 5.76 Å². The number of aliphatic hydroxyl groups is 1. The smallest absolute Gasteiger partial charge is 0.295 e. The SMILES string of the molecule is O=C1C(=O)N(CC2CCCO2)C(C2CC=CCC2)/C1=C(\O)c1ccc(Cl)cc1. The number of aliphatic hydroxyl groups excluding tert-OH is 1. The molecule has 5 nitrogen and oxygen atoms in total. The zero-order chi connectivity index (χ0) is 19.7. The Hall–Kier alpha value is -2.11. The monoisotopic (exact) mass is 401 g/mol. The van der Waals surface area contributed by atoms with E-state index in [4.69, 9.17) is 16.3 Å². The van der Waals surface area contributed by atoms with Crippen LogP contribution in [0.4, 0.5) is 0 Å². The number of likely N-dealkylation sites (tertiary alicyclic amines) is 1. The summed E-state index contributed by atoms with van der Waals surface area (Å²) in [5, 5.41) is 11.5. The summed E-state index contributed by atoms with van der Waals surface area (Å²) < 4.78 is 5.72. The predicted octanol–water partition coefficient (Wildman–Crippen LogP) is 3.92. The van der Waals surface area contributed by atoms with Gasteiger partial charge in [-0.15, -0.1) is 0 Å². The molecule has 148 valence electrons. The van der Waals surface area contributed by atoms with E-state index in [1.165, 1.54) is 0 Å². The van der Waals surface area contributed by atoms with Crippen LogP contribution in [0.5, 0.6) is 0 Å². The summed E-state index contributed by atoms with van der Waals surface area (Å²) in [5.74, 6) is -1.16. The largest absolute Gasteiger partial charge is 0.507 e. The number of nitrogens with zero attached hydrogens (tertiary/aromatic N) is 1. The Morgan fingerprint density at radius 3 is 2.61 bits per heavy atom. The van der Waals surface area contributed by atoms with Gasteiger partial charge in [0.15, 0.2) is 0 Å². The summed E-state index contributed by atoms with van der Waals surface area (Å²) in [7, 11) is 0. The quantitative estimate of drug-likeness (QED) is 0.359. The first-order valence-electron chi connectivity index (χ1n) is 9.87. The number of amides is 1. The molecule has 2 saturated heterocycles. The molecule has 6 heteroatoms. The third kappa shape index (κ3) is 3.61. The Morgan fingerprint density at radius 1 is 1.18 bits per heavy atom. The molecule has 0 spiro atoms. The minimum Gasteiger partial charge on any atom is -0.507 e. The van der Waals surface area contributed by atoms with Crippen LogP contribution in [0.15, 0.2) is 42.0 Å². The number of ether oxygens (including phenoxy) is 1. The van der Waals surface area contributed by atoms with Crippen LogP contribution < -0.4 is 0 Å². The zero-order valence-electron chi connectivity index (χ0n) is 15.6. The van der Waals surface area contributed by atoms with Crippen molar-refractivity contribution in [3.63, 3.8) is 0 Å². The van der Waals surface area contributed by atoms with Crippen LogP contribution in [-0.2, 0) is 14.3 Å². The number of halogens is 1. The van der Waals surface area contributed by atoms with Crippen LogP contribution in [0.2, 0.25) is 5.02 Å². The Labute approximate surface area is 169 Å². The fourth-order valence-electron chi connectivity index (χ4n) is 4.47. The van der Waals surface area contributed by atoms with E-state index in [0.29, 0.717) is 23.7 Å². The maximum atomic E-state index is 12.9. The van der Waals surface area contributed by atoms with Gasteiger partial charge in [0.2, 0.25) is 0 Å². The van der Waals surface area contributed by atoms with Gasteiger partial charge in [0, 0.05) is 23.7 Å². The van der Waals surface area contributed by atoms with E-state index in [1.54, 1.807) is 29.2 Å². The lowest BCUT2D eigenvalue weighted by Gasteiger charge is -2.33. The number of carbonyl (C=O) groups excluding carboxylic acids is 2. The van der Waals surface area contributed by atoms with Crippen LogP contribution in [-0.4, -0.2) is 47.0 Å². The lowest BCUT2D eigenvalue weighted by molar-refractivity contribution is -0.141. The molecule has 1 amide bonds. The summed E-state index contributed by atoms with van der Waals surface area (Å²) in [6, 6.07) is 6.24. The molecule has 0 radical (unpaired) electrons. The highest BCUT2D eigenvalue weighted by Crippen LogP contribution is 2.38. The molecule has 2 fully saturated rings. The Bertz CT molecular complexity index is 823. The summed E-state index contributed by atoms with van der Waals surface area (Å²) in [4.78, 5) is 27.5. The zero-order valence-corrected chi connectivity index (χ0v) is 16.4. The Morgan fingerprint density at radius 2 is 1.96 bits per heavy atom. The van der Waals surface area contributed by atoms with Crippen LogP contribution in [0.3, 0.4) is 0 Å². The molecule has 4 rings (SSSR count). The lowest BCUT2D eigenvalue weighted by atomic mass is 9.83. The summed E-state index contributed by atoms with van der Waals surface area (Å²) in [5.41, 5.74) is 0.710.